The summed E-state index contributed by atoms with van der Waals surface area (Å²) >= 11 is 0. The molecule has 1 unspecified atom stereocenters. The average Bonchev–Trinajstić information content (AvgIpc) is 3.54. The van der Waals surface area contributed by atoms with E-state index in [9.17, 15) is 23.1 Å². The number of pyridine rings is 1. The second-order valence-electron chi connectivity index (χ2n) is 10.1. The summed E-state index contributed by atoms with van der Waals surface area (Å²) in [5.74, 6) is 0.471. The Bertz CT molecular complexity index is 1460. The van der Waals surface area contributed by atoms with Crippen LogP contribution in [0.4, 0.5) is 24.7 Å². The number of nitrogens with one attached hydrogen (secondary N) is 1. The topological polar surface area (TPSA) is 104 Å². The van der Waals surface area contributed by atoms with Crippen LogP contribution in [0.15, 0.2) is 79.1 Å². The van der Waals surface area contributed by atoms with Gasteiger partial charge in [0.1, 0.15) is 30.0 Å². The zero-order chi connectivity index (χ0) is 30.2. The molecule has 4 aromatic rings. The lowest BCUT2D eigenvalue weighted by molar-refractivity contribution is -0.148. The number of esters is 1. The van der Waals surface area contributed by atoms with Gasteiger partial charge in [0.15, 0.2) is 0 Å². The molecule has 3 heterocycles. The van der Waals surface area contributed by atoms with Gasteiger partial charge in [0.25, 0.3) is 0 Å². The van der Waals surface area contributed by atoms with E-state index in [-0.39, 0.29) is 25.5 Å². The van der Waals surface area contributed by atoms with Gasteiger partial charge in [-0.1, -0.05) is 42.5 Å². The fraction of sp³-hybridized carbons (Fsp3) is 0.323. The van der Waals surface area contributed by atoms with Crippen molar-refractivity contribution < 1.29 is 32.5 Å². The number of piperazine rings is 1. The first-order valence-corrected chi connectivity index (χ1v) is 13.9. The van der Waals surface area contributed by atoms with E-state index in [1.54, 1.807) is 12.1 Å². The molecule has 1 aliphatic heterocycles. The van der Waals surface area contributed by atoms with Crippen molar-refractivity contribution in [3.05, 3.63) is 95.9 Å². The maximum absolute atomic E-state index is 12.8. The molecule has 0 amide bonds. The van der Waals surface area contributed by atoms with Crippen molar-refractivity contribution in [2.75, 3.05) is 49.2 Å². The Hall–Kier alpha value is -4.42. The van der Waals surface area contributed by atoms with Gasteiger partial charge < -0.3 is 29.4 Å². The molecule has 2 aromatic heterocycles. The van der Waals surface area contributed by atoms with Crippen LogP contribution in [0.3, 0.4) is 0 Å². The molecule has 1 atom stereocenters. The fourth-order valence-electron chi connectivity index (χ4n) is 4.69. The second kappa shape index (κ2) is 13.7. The predicted octanol–water partition coefficient (Wildman–Crippen LogP) is 4.48. The number of benzene rings is 2. The van der Waals surface area contributed by atoms with E-state index in [0.717, 1.165) is 55.0 Å². The van der Waals surface area contributed by atoms with Crippen LogP contribution in [0, 0.1) is 0 Å². The Labute approximate surface area is 246 Å². The van der Waals surface area contributed by atoms with Crippen LogP contribution in [0.5, 0.6) is 0 Å². The van der Waals surface area contributed by atoms with Gasteiger partial charge in [0.05, 0.1) is 25.8 Å². The summed E-state index contributed by atoms with van der Waals surface area (Å²) in [6.07, 6.45) is -2.67. The van der Waals surface area contributed by atoms with E-state index in [2.05, 4.69) is 24.8 Å². The largest absolute Gasteiger partial charge is 0.463 e. The van der Waals surface area contributed by atoms with Gasteiger partial charge in [-0.25, -0.2) is 9.97 Å². The maximum Gasteiger partial charge on any atom is 0.432 e. The van der Waals surface area contributed by atoms with Gasteiger partial charge in [0.2, 0.25) is 0 Å². The molecule has 2 aromatic carbocycles. The van der Waals surface area contributed by atoms with E-state index in [1.165, 1.54) is 6.20 Å². The van der Waals surface area contributed by atoms with E-state index in [0.29, 0.717) is 12.2 Å². The van der Waals surface area contributed by atoms with Crippen LogP contribution in [0.25, 0.3) is 11.4 Å². The number of hydrogen-bond acceptors (Lipinski definition) is 8. The molecule has 0 bridgehead atoms. The van der Waals surface area contributed by atoms with Crippen LogP contribution < -0.4 is 9.80 Å². The number of hydrogen-bond donors (Lipinski definition) is 2. The molecule has 5 rings (SSSR count). The number of imidazole rings is 1. The minimum absolute atomic E-state index is 0.0239. The summed E-state index contributed by atoms with van der Waals surface area (Å²) in [7, 11) is 0. The van der Waals surface area contributed by atoms with Crippen LogP contribution in [-0.4, -0.2) is 71.5 Å². The smallest absolute Gasteiger partial charge is 0.432 e. The van der Waals surface area contributed by atoms with Crippen molar-refractivity contribution in [3.8, 4) is 11.4 Å². The first-order valence-electron chi connectivity index (χ1n) is 13.9. The van der Waals surface area contributed by atoms with Crippen molar-refractivity contribution in [1.82, 2.24) is 15.0 Å². The Morgan fingerprint density at radius 2 is 1.63 bits per heavy atom. The Kier molecular flexibility index (Phi) is 9.58. The van der Waals surface area contributed by atoms with Gasteiger partial charge in [-0.3, -0.25) is 4.79 Å². The zero-order valence-electron chi connectivity index (χ0n) is 23.3. The van der Waals surface area contributed by atoms with Gasteiger partial charge in [-0.15, -0.1) is 0 Å². The number of nitrogens with zero attached hydrogens (tertiary/aromatic N) is 4. The highest BCUT2D eigenvalue weighted by Gasteiger charge is 2.33. The third-order valence-corrected chi connectivity index (χ3v) is 7.12. The minimum atomic E-state index is -4.48. The number of alkyl halides is 3. The van der Waals surface area contributed by atoms with Gasteiger partial charge in [-0.05, 0) is 35.4 Å². The number of carbonyl (C=O) groups excluding carboxylic acids is 1. The molecule has 1 fully saturated rings. The van der Waals surface area contributed by atoms with Crippen LogP contribution in [0.1, 0.15) is 16.8 Å². The highest BCUT2D eigenvalue weighted by Crippen LogP contribution is 2.29. The van der Waals surface area contributed by atoms with Crippen LogP contribution in [-0.2, 0) is 33.5 Å². The SMILES string of the molecule is O=C(Cc1ccc(N2CCN(c3ccc(-c4ncc(C(F)(F)F)[nH]4)cn3)CC2)cc1)OCC(CO)OCc1ccccc1. The summed E-state index contributed by atoms with van der Waals surface area (Å²) in [5, 5.41) is 9.56. The summed E-state index contributed by atoms with van der Waals surface area (Å²) in [4.78, 5) is 27.3. The number of aromatic amines is 1. The molecular formula is C31H32F3N5O4. The number of aliphatic hydroxyl groups excluding tert-OH is 1. The number of halogens is 3. The predicted molar refractivity (Wildman–Crippen MR) is 154 cm³/mol. The molecular weight excluding hydrogens is 563 g/mol. The highest BCUT2D eigenvalue weighted by molar-refractivity contribution is 5.73. The molecule has 0 saturated carbocycles. The molecule has 0 radical (unpaired) electrons. The molecule has 0 aliphatic carbocycles. The third kappa shape index (κ3) is 8.11. The van der Waals surface area contributed by atoms with E-state index < -0.39 is 23.9 Å². The standard InChI is InChI=1S/C31H32F3N5O4/c32-31(33,34)27-18-36-30(37-27)24-8-11-28(35-17-24)39-14-12-38(13-15-39)25-9-6-22(7-10-25)16-29(41)43-21-26(19-40)42-20-23-4-2-1-3-5-23/h1-11,17-18,26,40H,12-16,19-21H2,(H,36,37). The van der Waals surface area contributed by atoms with Crippen LogP contribution in [0.2, 0.25) is 0 Å². The summed E-state index contributed by atoms with van der Waals surface area (Å²) in [6.45, 7) is 3.00. The Morgan fingerprint density at radius 3 is 2.26 bits per heavy atom. The average molecular weight is 596 g/mol. The van der Waals surface area contributed by atoms with E-state index in [1.807, 2.05) is 54.6 Å². The lowest BCUT2D eigenvalue weighted by Gasteiger charge is -2.36. The molecule has 9 nitrogen and oxygen atoms in total. The van der Waals surface area contributed by atoms with Crippen molar-refractivity contribution in [2.24, 2.45) is 0 Å². The van der Waals surface area contributed by atoms with Gasteiger partial charge >= 0.3 is 12.1 Å². The number of aromatic nitrogens is 3. The van der Waals surface area contributed by atoms with Gasteiger partial charge in [0, 0.05) is 43.6 Å². The summed E-state index contributed by atoms with van der Waals surface area (Å²) in [6, 6.07) is 20.8. The highest BCUT2D eigenvalue weighted by atomic mass is 19.4. The Balaban J connectivity index is 1.06. The molecule has 1 saturated heterocycles. The molecule has 1 aliphatic rings. The van der Waals surface area contributed by atoms with Gasteiger partial charge in [-0.2, -0.15) is 13.2 Å². The number of carbonyl (C=O) groups is 1. The Morgan fingerprint density at radius 1 is 0.907 bits per heavy atom. The minimum Gasteiger partial charge on any atom is -0.463 e. The van der Waals surface area contributed by atoms with Crippen molar-refractivity contribution in [2.45, 2.75) is 25.3 Å². The molecule has 2 N–H and O–H groups in total. The fourth-order valence-corrected chi connectivity index (χ4v) is 4.69. The molecule has 43 heavy (non-hydrogen) atoms. The summed E-state index contributed by atoms with van der Waals surface area (Å²) < 4.78 is 49.5. The first-order chi connectivity index (χ1) is 20.8. The normalized spacial score (nSPS) is 14.5. The lowest BCUT2D eigenvalue weighted by Crippen LogP contribution is -2.46. The lowest BCUT2D eigenvalue weighted by atomic mass is 10.1. The second-order valence-corrected chi connectivity index (χ2v) is 10.1. The van der Waals surface area contributed by atoms with E-state index >= 15 is 0 Å². The monoisotopic (exact) mass is 595 g/mol. The van der Waals surface area contributed by atoms with Crippen LogP contribution >= 0.6 is 0 Å². The summed E-state index contributed by atoms with van der Waals surface area (Å²) in [5.41, 5.74) is 2.41. The number of ether oxygens (including phenoxy) is 2. The van der Waals surface area contributed by atoms with E-state index in [4.69, 9.17) is 9.47 Å². The number of H-pyrrole nitrogens is 1. The number of aliphatic hydroxyl groups is 1. The number of rotatable bonds is 11. The van der Waals surface area contributed by atoms with Crippen molar-refractivity contribution in [1.29, 1.82) is 0 Å². The first kappa shape index (κ1) is 30.1. The molecule has 12 heteroatoms. The zero-order valence-corrected chi connectivity index (χ0v) is 23.3. The quantitative estimate of drug-likeness (QED) is 0.245. The number of anilines is 2. The maximum atomic E-state index is 12.8. The van der Waals surface area contributed by atoms with Crippen molar-refractivity contribution in [3.63, 3.8) is 0 Å². The molecule has 0 spiro atoms. The third-order valence-electron chi connectivity index (χ3n) is 7.12. The van der Waals surface area contributed by atoms with Crippen molar-refractivity contribution >= 4 is 17.5 Å². The molecule has 226 valence electrons.